The summed E-state index contributed by atoms with van der Waals surface area (Å²) in [5.74, 6) is 0.642. The van der Waals surface area contributed by atoms with E-state index in [1.54, 1.807) is 14.0 Å². The number of ketones is 1. The largest absolute Gasteiger partial charge is 0.497 e. The normalized spacial score (nSPS) is 18.2. The number of anilines is 2. The Bertz CT molecular complexity index is 1570. The molecule has 4 aromatic rings. The number of thioether (sulfide) groups is 1. The predicted molar refractivity (Wildman–Crippen MR) is 158 cm³/mol. The highest BCUT2D eigenvalue weighted by atomic mass is 79.9. The first-order chi connectivity index (χ1) is 18.5. The summed E-state index contributed by atoms with van der Waals surface area (Å²) in [5, 5.41) is 14.5. The Morgan fingerprint density at radius 1 is 0.816 bits per heavy atom. The van der Waals surface area contributed by atoms with E-state index in [2.05, 4.69) is 40.2 Å². The highest BCUT2D eigenvalue weighted by Crippen LogP contribution is 2.55. The van der Waals surface area contributed by atoms with Gasteiger partial charge in [-0.05, 0) is 60.3 Å². The molecule has 1 atom stereocenters. The van der Waals surface area contributed by atoms with Crippen LogP contribution in [0.2, 0.25) is 0 Å². The number of Topliss-reactive ketones (excluding diaryl/α,β-unsaturated/α-hetero) is 1. The Labute approximate surface area is 233 Å². The molecule has 2 aliphatic rings. The Morgan fingerprint density at radius 2 is 1.45 bits per heavy atom. The molecular weight excluding hydrogens is 560 g/mol. The number of ether oxygens (including phenoxy) is 1. The SMILES string of the molecule is COc1ccc(N2N=C(C(C)=O)S[C@]23c2ccccc2C(c2ccc(Br)cc2)=NN3c2ccccc2)cc1. The fourth-order valence-corrected chi connectivity index (χ4v) is 6.24. The van der Waals surface area contributed by atoms with Gasteiger partial charge in [-0.25, -0.2) is 10.0 Å². The molecule has 4 aromatic carbocycles. The van der Waals surface area contributed by atoms with E-state index in [-0.39, 0.29) is 5.78 Å². The number of hydrogen-bond acceptors (Lipinski definition) is 7. The number of fused-ring (bicyclic) bond motifs is 2. The van der Waals surface area contributed by atoms with E-state index in [4.69, 9.17) is 14.9 Å². The van der Waals surface area contributed by atoms with Gasteiger partial charge in [0.15, 0.2) is 10.8 Å². The highest BCUT2D eigenvalue weighted by Gasteiger charge is 2.55. The molecule has 2 aliphatic heterocycles. The fourth-order valence-electron chi connectivity index (χ4n) is 4.69. The van der Waals surface area contributed by atoms with Gasteiger partial charge in [0.1, 0.15) is 5.75 Å². The van der Waals surface area contributed by atoms with E-state index in [1.165, 1.54) is 11.8 Å². The van der Waals surface area contributed by atoms with Crippen LogP contribution in [0.4, 0.5) is 11.4 Å². The first-order valence-electron chi connectivity index (χ1n) is 12.0. The molecule has 2 heterocycles. The van der Waals surface area contributed by atoms with Crippen LogP contribution < -0.4 is 14.8 Å². The van der Waals surface area contributed by atoms with Gasteiger partial charge in [-0.3, -0.25) is 4.79 Å². The zero-order valence-electron chi connectivity index (χ0n) is 20.7. The summed E-state index contributed by atoms with van der Waals surface area (Å²) in [6.07, 6.45) is 0. The molecule has 0 bridgehead atoms. The molecule has 0 saturated carbocycles. The maximum Gasteiger partial charge on any atom is 0.234 e. The van der Waals surface area contributed by atoms with Crippen molar-refractivity contribution in [3.63, 3.8) is 0 Å². The number of halogens is 1. The summed E-state index contributed by atoms with van der Waals surface area (Å²) in [5.41, 5.74) is 5.48. The molecule has 1 spiro atoms. The monoisotopic (exact) mass is 582 g/mol. The smallest absolute Gasteiger partial charge is 0.234 e. The topological polar surface area (TPSA) is 57.5 Å². The van der Waals surface area contributed by atoms with Gasteiger partial charge in [-0.2, -0.15) is 10.2 Å². The van der Waals surface area contributed by atoms with Crippen LogP contribution in [0.15, 0.2) is 118 Å². The predicted octanol–water partition coefficient (Wildman–Crippen LogP) is 7.00. The van der Waals surface area contributed by atoms with Gasteiger partial charge < -0.3 is 4.74 Å². The second-order valence-electron chi connectivity index (χ2n) is 8.83. The third-order valence-corrected chi connectivity index (χ3v) is 8.42. The minimum Gasteiger partial charge on any atom is -0.497 e. The zero-order valence-corrected chi connectivity index (χ0v) is 23.1. The lowest BCUT2D eigenvalue weighted by Gasteiger charge is -2.47. The van der Waals surface area contributed by atoms with Gasteiger partial charge >= 0.3 is 0 Å². The number of hydrogen-bond donors (Lipinski definition) is 0. The van der Waals surface area contributed by atoms with Crippen LogP contribution in [0.5, 0.6) is 5.75 Å². The van der Waals surface area contributed by atoms with Crippen LogP contribution in [0.25, 0.3) is 0 Å². The molecule has 6 nitrogen and oxygen atoms in total. The quantitative estimate of drug-likeness (QED) is 0.253. The van der Waals surface area contributed by atoms with Gasteiger partial charge in [0.05, 0.1) is 24.2 Å². The Morgan fingerprint density at radius 3 is 2.13 bits per heavy atom. The van der Waals surface area contributed by atoms with Crippen molar-refractivity contribution in [3.05, 3.63) is 124 Å². The third-order valence-electron chi connectivity index (χ3n) is 6.47. The van der Waals surface area contributed by atoms with E-state index in [1.807, 2.05) is 88.9 Å². The molecule has 0 fully saturated rings. The number of para-hydroxylation sites is 1. The average Bonchev–Trinajstić information content (AvgIpc) is 3.36. The number of methoxy groups -OCH3 is 1. The maximum absolute atomic E-state index is 12.8. The number of carbonyl (C=O) groups is 1. The van der Waals surface area contributed by atoms with Gasteiger partial charge in [0.2, 0.25) is 4.99 Å². The Hall–Kier alpha value is -3.88. The molecule has 188 valence electrons. The second-order valence-corrected chi connectivity index (χ2v) is 10.9. The molecule has 6 rings (SSSR count). The van der Waals surface area contributed by atoms with Gasteiger partial charge in [-0.1, -0.05) is 70.5 Å². The van der Waals surface area contributed by atoms with Crippen LogP contribution in [0.1, 0.15) is 23.6 Å². The van der Waals surface area contributed by atoms with Crippen LogP contribution in [0, 0.1) is 0 Å². The van der Waals surface area contributed by atoms with Crippen molar-refractivity contribution in [2.75, 3.05) is 17.1 Å². The van der Waals surface area contributed by atoms with E-state index >= 15 is 0 Å². The standard InChI is InChI=1S/C30H23BrN4O2S/c1-20(36)29-33-35(24-16-18-25(37-2)19-17-24)30(38-29)27-11-7-6-10-26(27)28(21-12-14-22(31)15-13-21)32-34(30)23-8-4-3-5-9-23/h3-19H,1-2H3/t30-/m0/s1. The molecule has 0 aromatic heterocycles. The fraction of sp³-hybridized carbons (Fsp3) is 0.100. The molecule has 38 heavy (non-hydrogen) atoms. The van der Waals surface area contributed by atoms with E-state index in [0.29, 0.717) is 5.04 Å². The first kappa shape index (κ1) is 24.5. The first-order valence-corrected chi connectivity index (χ1v) is 13.6. The minimum atomic E-state index is -0.980. The summed E-state index contributed by atoms with van der Waals surface area (Å²) in [4.78, 5) is 11.8. The van der Waals surface area contributed by atoms with Gasteiger partial charge in [0.25, 0.3) is 0 Å². The minimum absolute atomic E-state index is 0.0986. The number of nitrogens with zero attached hydrogens (tertiary/aromatic N) is 4. The summed E-state index contributed by atoms with van der Waals surface area (Å²) in [6.45, 7) is 1.55. The molecule has 0 aliphatic carbocycles. The van der Waals surface area contributed by atoms with Crippen molar-refractivity contribution in [1.29, 1.82) is 0 Å². The molecule has 0 amide bonds. The van der Waals surface area contributed by atoms with E-state index < -0.39 is 4.99 Å². The molecule has 0 saturated heterocycles. The summed E-state index contributed by atoms with van der Waals surface area (Å²) >= 11 is 4.95. The Balaban J connectivity index is 1.64. The molecule has 0 unspecified atom stereocenters. The summed E-state index contributed by atoms with van der Waals surface area (Å²) in [7, 11) is 1.64. The summed E-state index contributed by atoms with van der Waals surface area (Å²) < 4.78 is 6.40. The van der Waals surface area contributed by atoms with Gasteiger partial charge in [0, 0.05) is 28.1 Å². The van der Waals surface area contributed by atoms with Crippen molar-refractivity contribution < 1.29 is 9.53 Å². The second kappa shape index (κ2) is 9.78. The third kappa shape index (κ3) is 4.01. The molecule has 0 radical (unpaired) electrons. The van der Waals surface area contributed by atoms with Crippen molar-refractivity contribution in [3.8, 4) is 5.75 Å². The average molecular weight is 584 g/mol. The maximum atomic E-state index is 12.8. The molecular formula is C30H23BrN4O2S. The number of benzene rings is 4. The highest BCUT2D eigenvalue weighted by molar-refractivity contribution is 9.10. The number of rotatable bonds is 5. The van der Waals surface area contributed by atoms with Crippen molar-refractivity contribution >= 4 is 55.6 Å². The lowest BCUT2D eigenvalue weighted by molar-refractivity contribution is -0.110. The van der Waals surface area contributed by atoms with Crippen LogP contribution in [0.3, 0.4) is 0 Å². The van der Waals surface area contributed by atoms with Crippen LogP contribution >= 0.6 is 27.7 Å². The lowest BCUT2D eigenvalue weighted by Crippen LogP contribution is -2.54. The van der Waals surface area contributed by atoms with Crippen molar-refractivity contribution in [2.45, 2.75) is 11.9 Å². The number of hydrazone groups is 2. The lowest BCUT2D eigenvalue weighted by atomic mass is 9.93. The van der Waals surface area contributed by atoms with Crippen molar-refractivity contribution in [1.82, 2.24) is 0 Å². The van der Waals surface area contributed by atoms with Gasteiger partial charge in [-0.15, -0.1) is 0 Å². The van der Waals surface area contributed by atoms with Crippen LogP contribution in [-0.4, -0.2) is 23.6 Å². The number of carbonyl (C=O) groups excluding carboxylic acids is 1. The molecule has 8 heteroatoms. The van der Waals surface area contributed by atoms with Crippen LogP contribution in [-0.2, 0) is 9.79 Å². The molecule has 0 N–H and O–H groups in total. The van der Waals surface area contributed by atoms with E-state index in [9.17, 15) is 4.79 Å². The zero-order chi connectivity index (χ0) is 26.3. The summed E-state index contributed by atoms with van der Waals surface area (Å²) in [6, 6.07) is 34.1. The Kier molecular flexibility index (Phi) is 6.29. The van der Waals surface area contributed by atoms with Crippen molar-refractivity contribution in [2.24, 2.45) is 10.2 Å². The van der Waals surface area contributed by atoms with E-state index in [0.717, 1.165) is 44.0 Å².